The zero-order chi connectivity index (χ0) is 25.1. The minimum atomic E-state index is -5.68. The number of nitrogens with one attached hydrogen (secondary N) is 3. The maximum atomic E-state index is 14.4. The fraction of sp³-hybridized carbons (Fsp3) is 0.105. The Morgan fingerprint density at radius 1 is 0.971 bits per heavy atom. The topological polar surface area (TPSA) is 130 Å². The van der Waals surface area contributed by atoms with Crippen molar-refractivity contribution in [2.24, 2.45) is 0 Å². The molecule has 1 aliphatic rings. The number of carbonyl (C=O) groups excluding carboxylic acids is 1. The minimum Gasteiger partial charge on any atom is -0.309 e. The first-order chi connectivity index (χ1) is 15.8. The van der Waals surface area contributed by atoms with Crippen LogP contribution in [0.5, 0.6) is 0 Å². The second-order valence-electron chi connectivity index (χ2n) is 7.06. The van der Waals surface area contributed by atoms with Crippen LogP contribution in [0, 0.1) is 5.82 Å². The Balaban J connectivity index is 2.01. The number of anilines is 1. The van der Waals surface area contributed by atoms with E-state index in [0.717, 1.165) is 48.5 Å². The number of aromatic amines is 1. The number of amides is 1. The predicted molar refractivity (Wildman–Crippen MR) is 111 cm³/mol. The summed E-state index contributed by atoms with van der Waals surface area (Å²) in [5.41, 5.74) is -8.63. The van der Waals surface area contributed by atoms with Crippen LogP contribution in [-0.2, 0) is 20.4 Å². The largest absolute Gasteiger partial charge is 0.421 e. The van der Waals surface area contributed by atoms with Gasteiger partial charge in [-0.05, 0) is 48.5 Å². The van der Waals surface area contributed by atoms with Gasteiger partial charge in [-0.3, -0.25) is 14.6 Å². The molecule has 0 saturated heterocycles. The Bertz CT molecular complexity index is 1530. The summed E-state index contributed by atoms with van der Waals surface area (Å²) in [6.45, 7) is 0. The molecule has 1 atom stereocenters. The van der Waals surface area contributed by atoms with E-state index in [9.17, 15) is 40.4 Å². The zero-order valence-electron chi connectivity index (χ0n) is 16.4. The van der Waals surface area contributed by atoms with Gasteiger partial charge in [0, 0.05) is 5.02 Å². The van der Waals surface area contributed by atoms with Crippen molar-refractivity contribution in [1.29, 1.82) is 0 Å². The van der Waals surface area contributed by atoms with Crippen molar-refractivity contribution in [2.75, 3.05) is 5.32 Å². The van der Waals surface area contributed by atoms with Gasteiger partial charge in [0.25, 0.3) is 11.5 Å². The molecule has 0 fully saturated rings. The lowest BCUT2D eigenvalue weighted by Gasteiger charge is -2.29. The Hall–Kier alpha value is -3.49. The number of hydrogen-bond donors (Lipinski definition) is 3. The molecule has 0 saturated carbocycles. The summed E-state index contributed by atoms with van der Waals surface area (Å²) in [5, 5.41) is 1.87. The number of alkyl halides is 3. The fourth-order valence-electron chi connectivity index (χ4n) is 3.45. The molecular weight excluding hydrogens is 508 g/mol. The Morgan fingerprint density at radius 2 is 1.56 bits per heavy atom. The third kappa shape index (κ3) is 3.59. The Morgan fingerprint density at radius 3 is 2.12 bits per heavy atom. The van der Waals surface area contributed by atoms with Crippen LogP contribution in [0.2, 0.25) is 5.02 Å². The van der Waals surface area contributed by atoms with Gasteiger partial charge in [0.15, 0.2) is 0 Å². The number of benzene rings is 2. The molecule has 1 aliphatic heterocycles. The highest BCUT2D eigenvalue weighted by Crippen LogP contribution is 2.46. The molecule has 3 aromatic rings. The van der Waals surface area contributed by atoms with E-state index in [1.54, 1.807) is 10.3 Å². The van der Waals surface area contributed by atoms with Gasteiger partial charge in [-0.1, -0.05) is 11.6 Å². The molecule has 2 aromatic carbocycles. The van der Waals surface area contributed by atoms with Gasteiger partial charge < -0.3 is 5.32 Å². The fourth-order valence-corrected chi connectivity index (χ4v) is 4.91. The van der Waals surface area contributed by atoms with Gasteiger partial charge in [-0.2, -0.15) is 17.9 Å². The van der Waals surface area contributed by atoms with E-state index in [4.69, 9.17) is 11.6 Å². The number of hydrogen-bond acceptors (Lipinski definition) is 5. The van der Waals surface area contributed by atoms with Crippen molar-refractivity contribution < 1.29 is 30.8 Å². The van der Waals surface area contributed by atoms with E-state index < -0.39 is 61.0 Å². The average molecular weight is 519 g/mol. The van der Waals surface area contributed by atoms with Crippen LogP contribution in [0.1, 0.15) is 5.56 Å². The molecule has 178 valence electrons. The third-order valence-electron chi connectivity index (χ3n) is 4.98. The maximum absolute atomic E-state index is 14.4. The average Bonchev–Trinajstić information content (AvgIpc) is 3.02. The van der Waals surface area contributed by atoms with Gasteiger partial charge in [0.1, 0.15) is 11.6 Å². The number of nitrogens with zero attached hydrogens (tertiary/aromatic N) is 1. The molecule has 3 N–H and O–H groups in total. The second kappa shape index (κ2) is 7.78. The highest BCUT2D eigenvalue weighted by atomic mass is 35.5. The van der Waals surface area contributed by atoms with E-state index in [2.05, 4.69) is 0 Å². The highest BCUT2D eigenvalue weighted by Gasteiger charge is 2.69. The van der Waals surface area contributed by atoms with Crippen LogP contribution in [0.4, 0.5) is 23.4 Å². The van der Waals surface area contributed by atoms with Gasteiger partial charge >= 0.3 is 11.9 Å². The van der Waals surface area contributed by atoms with E-state index in [1.807, 2.05) is 0 Å². The summed E-state index contributed by atoms with van der Waals surface area (Å²) >= 11 is 5.68. The molecule has 0 radical (unpaired) electrons. The molecule has 34 heavy (non-hydrogen) atoms. The van der Waals surface area contributed by atoms with Gasteiger partial charge in [-0.15, -0.1) is 0 Å². The number of fused-ring (bicyclic) bond motifs is 1. The molecular formula is C19H11ClF4N4O5S. The lowest BCUT2D eigenvalue weighted by atomic mass is 9.93. The van der Waals surface area contributed by atoms with Crippen molar-refractivity contribution in [3.8, 4) is 5.69 Å². The van der Waals surface area contributed by atoms with Crippen molar-refractivity contribution in [1.82, 2.24) is 14.3 Å². The van der Waals surface area contributed by atoms with Crippen LogP contribution in [-0.4, -0.2) is 30.1 Å². The van der Waals surface area contributed by atoms with Crippen molar-refractivity contribution in [2.45, 2.75) is 16.6 Å². The van der Waals surface area contributed by atoms with Gasteiger partial charge in [0.2, 0.25) is 15.6 Å². The van der Waals surface area contributed by atoms with E-state index in [1.165, 1.54) is 4.72 Å². The number of rotatable bonds is 4. The summed E-state index contributed by atoms with van der Waals surface area (Å²) in [6, 6.07) is 7.76. The quantitative estimate of drug-likeness (QED) is 0.455. The molecule has 0 spiro atoms. The summed E-state index contributed by atoms with van der Waals surface area (Å²) in [5.74, 6) is -3.64. The van der Waals surface area contributed by atoms with Crippen molar-refractivity contribution in [3.05, 3.63) is 85.8 Å². The first-order valence-corrected chi connectivity index (χ1v) is 11.0. The number of H-pyrrole nitrogens is 1. The van der Waals surface area contributed by atoms with Gasteiger partial charge in [-0.25, -0.2) is 22.2 Å². The predicted octanol–water partition coefficient (Wildman–Crippen LogP) is 2.01. The Labute approximate surface area is 192 Å². The second-order valence-corrected chi connectivity index (χ2v) is 9.17. The molecule has 9 nitrogen and oxygen atoms in total. The van der Waals surface area contributed by atoms with Crippen LogP contribution in [0.15, 0.2) is 63.0 Å². The van der Waals surface area contributed by atoms with E-state index in [-0.39, 0.29) is 10.7 Å². The molecule has 0 unspecified atom stereocenters. The zero-order valence-corrected chi connectivity index (χ0v) is 18.0. The maximum Gasteiger partial charge on any atom is 0.421 e. The molecule has 1 amide bonds. The first-order valence-electron chi connectivity index (χ1n) is 9.11. The molecule has 15 heteroatoms. The summed E-state index contributed by atoms with van der Waals surface area (Å²) in [6.07, 6.45) is -5.68. The molecule has 2 heterocycles. The van der Waals surface area contributed by atoms with Gasteiger partial charge in [0.05, 0.1) is 16.1 Å². The lowest BCUT2D eigenvalue weighted by Crippen LogP contribution is -2.61. The molecule has 0 aliphatic carbocycles. The first kappa shape index (κ1) is 23.7. The monoisotopic (exact) mass is 518 g/mol. The van der Waals surface area contributed by atoms with Crippen LogP contribution in [0.3, 0.4) is 0 Å². The van der Waals surface area contributed by atoms with Crippen LogP contribution in [0.25, 0.3) is 5.69 Å². The lowest BCUT2D eigenvalue weighted by molar-refractivity contribution is -0.194. The summed E-state index contributed by atoms with van der Waals surface area (Å²) in [7, 11) is -5.07. The summed E-state index contributed by atoms with van der Waals surface area (Å²) in [4.78, 5) is 38.7. The number of aromatic nitrogens is 2. The third-order valence-corrected chi connectivity index (χ3v) is 6.70. The van der Waals surface area contributed by atoms with Crippen molar-refractivity contribution >= 4 is 33.3 Å². The Kier molecular flexibility index (Phi) is 5.42. The highest BCUT2D eigenvalue weighted by molar-refractivity contribution is 7.89. The molecule has 4 rings (SSSR count). The number of carbonyl (C=O) groups is 1. The number of sulfonamides is 1. The normalized spacial score (nSPS) is 18.0. The molecule has 0 bridgehead atoms. The minimum absolute atomic E-state index is 0.0909. The van der Waals surface area contributed by atoms with Crippen molar-refractivity contribution in [3.63, 3.8) is 0 Å². The molecule has 1 aromatic heterocycles. The van der Waals surface area contributed by atoms with E-state index in [0.29, 0.717) is 4.57 Å². The van der Waals surface area contributed by atoms with Crippen LogP contribution < -0.4 is 21.3 Å². The van der Waals surface area contributed by atoms with Crippen LogP contribution >= 0.6 is 11.6 Å². The standard InChI is InChI=1S/C19H11ClF4N4O5S/c20-9-1-7-12(8-2-9)34(32,33)27-18(19(22,23)24)13-14(25-16(18)30)28(17(31)26-15(13)29)11-5-3-10(21)4-6-11/h1-8,27H,(H,25,30)(H,26,29,31)/t18-/m0/s1. The van der Waals surface area contributed by atoms with E-state index >= 15 is 0 Å². The smallest absolute Gasteiger partial charge is 0.309 e. The number of halogens is 5. The SMILES string of the molecule is O=C1Nc2c(c(=O)[nH]c(=O)n2-c2ccc(F)cc2)[C@@]1(NS(=O)(=O)c1ccc(Cl)cc1)C(F)(F)F. The summed E-state index contributed by atoms with van der Waals surface area (Å²) < 4.78 is 84.0.